The van der Waals surface area contributed by atoms with E-state index < -0.39 is 5.24 Å². The third-order valence-corrected chi connectivity index (χ3v) is 1.40. The maximum absolute atomic E-state index is 10.5. The van der Waals surface area contributed by atoms with Gasteiger partial charge in [0.2, 0.25) is 0 Å². The van der Waals surface area contributed by atoms with Gasteiger partial charge in [0, 0.05) is 7.05 Å². The first-order valence-electron chi connectivity index (χ1n) is 2.60. The van der Waals surface area contributed by atoms with Crippen LogP contribution in [0.25, 0.3) is 0 Å². The molecular formula is C5H6ClN3O. The number of carbonyl (C=O) groups excluding carboxylic acids is 1. The van der Waals surface area contributed by atoms with E-state index in [0.717, 1.165) is 0 Å². The summed E-state index contributed by atoms with van der Waals surface area (Å²) < 4.78 is 1.38. The highest BCUT2D eigenvalue weighted by molar-refractivity contribution is 6.68. The van der Waals surface area contributed by atoms with Crippen LogP contribution in [0.2, 0.25) is 0 Å². The fourth-order valence-electron chi connectivity index (χ4n) is 0.598. The number of aromatic nitrogens is 2. The molecule has 0 unspecified atom stereocenters. The third-order valence-electron chi connectivity index (χ3n) is 1.20. The molecule has 1 aromatic heterocycles. The number of anilines is 1. The monoisotopic (exact) mass is 159 g/mol. The predicted octanol–water partition coefficient (Wildman–Crippen LogP) is 0.381. The molecule has 0 aliphatic heterocycles. The number of carbonyl (C=O) groups is 1. The van der Waals surface area contributed by atoms with Gasteiger partial charge in [0.1, 0.15) is 5.82 Å². The van der Waals surface area contributed by atoms with Crippen molar-refractivity contribution in [3.05, 3.63) is 11.8 Å². The van der Waals surface area contributed by atoms with Gasteiger partial charge in [-0.15, -0.1) is 0 Å². The van der Waals surface area contributed by atoms with Gasteiger partial charge in [-0.05, 0) is 11.6 Å². The molecule has 0 fully saturated rings. The molecule has 0 aromatic carbocycles. The van der Waals surface area contributed by atoms with Crippen LogP contribution in [0.15, 0.2) is 6.20 Å². The molecule has 54 valence electrons. The van der Waals surface area contributed by atoms with Gasteiger partial charge in [0.05, 0.1) is 11.8 Å². The Bertz CT molecular complexity index is 268. The standard InChI is InChI=1S/C5H6ClN3O/c1-9-5(7)3(2-8-9)4(6)10/h2H,7H2,1H3. The molecule has 0 saturated heterocycles. The summed E-state index contributed by atoms with van der Waals surface area (Å²) in [5, 5.41) is 3.15. The van der Waals surface area contributed by atoms with E-state index in [1.807, 2.05) is 0 Å². The summed E-state index contributed by atoms with van der Waals surface area (Å²) in [5.41, 5.74) is 5.65. The average Bonchev–Trinajstić information content (AvgIpc) is 2.14. The number of halogens is 1. The summed E-state index contributed by atoms with van der Waals surface area (Å²) in [7, 11) is 1.64. The minimum atomic E-state index is -0.578. The summed E-state index contributed by atoms with van der Waals surface area (Å²) in [6.45, 7) is 0. The van der Waals surface area contributed by atoms with Crippen molar-refractivity contribution in [3.63, 3.8) is 0 Å². The maximum Gasteiger partial charge on any atom is 0.257 e. The first kappa shape index (κ1) is 7.08. The van der Waals surface area contributed by atoms with E-state index in [2.05, 4.69) is 5.10 Å². The van der Waals surface area contributed by atoms with Gasteiger partial charge in [0.15, 0.2) is 0 Å². The predicted molar refractivity (Wildman–Crippen MR) is 37.8 cm³/mol. The number of nitrogen functional groups attached to an aromatic ring is 1. The Labute approximate surface area is 62.6 Å². The lowest BCUT2D eigenvalue weighted by Gasteiger charge is -1.92. The van der Waals surface area contributed by atoms with Gasteiger partial charge in [-0.2, -0.15) is 5.10 Å². The van der Waals surface area contributed by atoms with Crippen molar-refractivity contribution < 1.29 is 4.79 Å². The Morgan fingerprint density at radius 2 is 2.50 bits per heavy atom. The molecule has 0 atom stereocenters. The summed E-state index contributed by atoms with van der Waals surface area (Å²) in [5.74, 6) is 0.292. The maximum atomic E-state index is 10.5. The molecule has 0 bridgehead atoms. The Morgan fingerprint density at radius 1 is 1.90 bits per heavy atom. The van der Waals surface area contributed by atoms with Crippen molar-refractivity contribution in [2.75, 3.05) is 5.73 Å². The first-order chi connectivity index (χ1) is 4.63. The van der Waals surface area contributed by atoms with Crippen molar-refractivity contribution in [1.82, 2.24) is 9.78 Å². The first-order valence-corrected chi connectivity index (χ1v) is 2.98. The molecule has 5 heteroatoms. The smallest absolute Gasteiger partial charge is 0.257 e. The molecule has 0 spiro atoms. The lowest BCUT2D eigenvalue weighted by atomic mass is 10.4. The zero-order valence-electron chi connectivity index (χ0n) is 5.34. The largest absolute Gasteiger partial charge is 0.383 e. The van der Waals surface area contributed by atoms with E-state index in [-0.39, 0.29) is 5.56 Å². The summed E-state index contributed by atoms with van der Waals surface area (Å²) in [6, 6.07) is 0. The molecule has 4 nitrogen and oxygen atoms in total. The number of nitrogens with two attached hydrogens (primary N) is 1. The second kappa shape index (κ2) is 2.30. The molecule has 1 heterocycles. The van der Waals surface area contributed by atoms with E-state index in [4.69, 9.17) is 17.3 Å². The van der Waals surface area contributed by atoms with Gasteiger partial charge >= 0.3 is 0 Å². The zero-order valence-corrected chi connectivity index (χ0v) is 6.09. The second-order valence-corrected chi connectivity index (χ2v) is 2.18. The number of hydrogen-bond donors (Lipinski definition) is 1. The highest BCUT2D eigenvalue weighted by Crippen LogP contribution is 2.11. The average molecular weight is 160 g/mol. The Balaban J connectivity index is 3.17. The molecule has 0 radical (unpaired) electrons. The number of aryl methyl sites for hydroxylation is 1. The quantitative estimate of drug-likeness (QED) is 0.603. The van der Waals surface area contributed by atoms with Gasteiger partial charge in [-0.1, -0.05) is 0 Å². The molecular weight excluding hydrogens is 154 g/mol. The lowest BCUT2D eigenvalue weighted by Crippen LogP contribution is -2.00. The van der Waals surface area contributed by atoms with Crippen molar-refractivity contribution in [3.8, 4) is 0 Å². The van der Waals surface area contributed by atoms with Crippen molar-refractivity contribution >= 4 is 22.7 Å². The molecule has 1 aromatic rings. The molecule has 0 amide bonds. The lowest BCUT2D eigenvalue weighted by molar-refractivity contribution is 0.108. The van der Waals surface area contributed by atoms with Gasteiger partial charge in [-0.25, -0.2) is 0 Å². The van der Waals surface area contributed by atoms with Crippen LogP contribution >= 0.6 is 11.6 Å². The van der Waals surface area contributed by atoms with Crippen LogP contribution in [0.5, 0.6) is 0 Å². The topological polar surface area (TPSA) is 60.9 Å². The van der Waals surface area contributed by atoms with Crippen LogP contribution in [0.1, 0.15) is 10.4 Å². The molecule has 0 aliphatic carbocycles. The number of rotatable bonds is 1. The minimum absolute atomic E-state index is 0.254. The second-order valence-electron chi connectivity index (χ2n) is 1.84. The van der Waals surface area contributed by atoms with E-state index in [1.54, 1.807) is 7.05 Å². The van der Waals surface area contributed by atoms with Crippen LogP contribution in [-0.2, 0) is 7.05 Å². The molecule has 10 heavy (non-hydrogen) atoms. The molecule has 0 saturated carbocycles. The van der Waals surface area contributed by atoms with Crippen molar-refractivity contribution in [2.45, 2.75) is 0 Å². The Hall–Kier alpha value is -1.03. The third kappa shape index (κ3) is 0.974. The Kier molecular flexibility index (Phi) is 1.63. The fraction of sp³-hybridized carbons (Fsp3) is 0.200. The van der Waals surface area contributed by atoms with Gasteiger partial charge < -0.3 is 5.73 Å². The van der Waals surface area contributed by atoms with Gasteiger partial charge in [0.25, 0.3) is 5.24 Å². The van der Waals surface area contributed by atoms with E-state index in [0.29, 0.717) is 5.82 Å². The molecule has 1 rings (SSSR count). The van der Waals surface area contributed by atoms with Crippen molar-refractivity contribution in [2.24, 2.45) is 7.05 Å². The summed E-state index contributed by atoms with van der Waals surface area (Å²) in [4.78, 5) is 10.5. The SMILES string of the molecule is Cn1ncc(C(=O)Cl)c1N. The van der Waals surface area contributed by atoms with Crippen LogP contribution in [-0.4, -0.2) is 15.0 Å². The number of nitrogens with zero attached hydrogens (tertiary/aromatic N) is 2. The normalized spacial score (nSPS) is 9.80. The number of hydrogen-bond acceptors (Lipinski definition) is 3. The van der Waals surface area contributed by atoms with Crippen LogP contribution in [0, 0.1) is 0 Å². The zero-order chi connectivity index (χ0) is 7.72. The van der Waals surface area contributed by atoms with E-state index in [9.17, 15) is 4.79 Å². The summed E-state index contributed by atoms with van der Waals surface area (Å²) >= 11 is 5.15. The van der Waals surface area contributed by atoms with E-state index >= 15 is 0 Å². The highest BCUT2D eigenvalue weighted by Gasteiger charge is 2.09. The Morgan fingerprint density at radius 3 is 2.70 bits per heavy atom. The van der Waals surface area contributed by atoms with Crippen LogP contribution in [0.4, 0.5) is 5.82 Å². The van der Waals surface area contributed by atoms with E-state index in [1.165, 1.54) is 10.9 Å². The molecule has 0 aliphatic rings. The van der Waals surface area contributed by atoms with Gasteiger partial charge in [-0.3, -0.25) is 9.48 Å². The highest BCUT2D eigenvalue weighted by atomic mass is 35.5. The van der Waals surface area contributed by atoms with Crippen molar-refractivity contribution in [1.29, 1.82) is 0 Å². The summed E-state index contributed by atoms with van der Waals surface area (Å²) in [6.07, 6.45) is 1.34. The van der Waals surface area contributed by atoms with Crippen LogP contribution in [0.3, 0.4) is 0 Å². The fourth-order valence-corrected chi connectivity index (χ4v) is 0.744. The molecule has 2 N–H and O–H groups in total. The minimum Gasteiger partial charge on any atom is -0.383 e. The van der Waals surface area contributed by atoms with Crippen LogP contribution < -0.4 is 5.73 Å².